The number of β-lactam (4-membered cyclic amide) rings is 1. The molecule has 1 atom stereocenters. The van der Waals surface area contributed by atoms with Crippen LogP contribution in [-0.4, -0.2) is 5.91 Å². The number of nitrogens with one attached hydrogen (secondary N) is 1. The molecule has 1 amide bonds. The second kappa shape index (κ2) is 3.10. The van der Waals surface area contributed by atoms with Crippen molar-refractivity contribution in [1.82, 2.24) is 5.32 Å². The Morgan fingerprint density at radius 3 is 2.77 bits per heavy atom. The van der Waals surface area contributed by atoms with Crippen molar-refractivity contribution in [2.24, 2.45) is 0 Å². The summed E-state index contributed by atoms with van der Waals surface area (Å²) in [5.74, 6) is -0.234. The summed E-state index contributed by atoms with van der Waals surface area (Å²) in [4.78, 5) is 10.7. The first-order valence-corrected chi connectivity index (χ1v) is 4.70. The standard InChI is InChI=1S/C9H7BrFNO/c10-7-3-5(11)1-2-6(7)8-4-9(13)12-8/h1-3,8H,4H2,(H,12,13). The molecule has 0 aromatic heterocycles. The number of hydrogen-bond donors (Lipinski definition) is 1. The fraction of sp³-hybridized carbons (Fsp3) is 0.222. The van der Waals surface area contributed by atoms with Gasteiger partial charge in [0.2, 0.25) is 5.91 Å². The summed E-state index contributed by atoms with van der Waals surface area (Å²) in [7, 11) is 0. The molecule has 2 nitrogen and oxygen atoms in total. The molecule has 1 aliphatic rings. The third-order valence-corrected chi connectivity index (χ3v) is 2.75. The Bertz CT molecular complexity index is 359. The molecule has 4 heteroatoms. The second-order valence-corrected chi connectivity index (χ2v) is 3.84. The van der Waals surface area contributed by atoms with E-state index in [-0.39, 0.29) is 17.8 Å². The first-order valence-electron chi connectivity index (χ1n) is 3.91. The molecule has 0 radical (unpaired) electrons. The van der Waals surface area contributed by atoms with E-state index in [9.17, 15) is 9.18 Å². The van der Waals surface area contributed by atoms with Crippen LogP contribution in [-0.2, 0) is 4.79 Å². The lowest BCUT2D eigenvalue weighted by atomic mass is 9.97. The zero-order valence-corrected chi connectivity index (χ0v) is 8.27. The summed E-state index contributed by atoms with van der Waals surface area (Å²) in [6.07, 6.45) is 0.490. The highest BCUT2D eigenvalue weighted by atomic mass is 79.9. The average molecular weight is 244 g/mol. The zero-order chi connectivity index (χ0) is 9.42. The van der Waals surface area contributed by atoms with E-state index in [0.717, 1.165) is 5.56 Å². The Hall–Kier alpha value is -0.900. The summed E-state index contributed by atoms with van der Waals surface area (Å²) in [5, 5.41) is 2.73. The topological polar surface area (TPSA) is 29.1 Å². The van der Waals surface area contributed by atoms with Crippen LogP contribution in [0, 0.1) is 5.82 Å². The van der Waals surface area contributed by atoms with Gasteiger partial charge in [0.1, 0.15) is 5.82 Å². The van der Waals surface area contributed by atoms with Crippen LogP contribution in [0.4, 0.5) is 4.39 Å². The smallest absolute Gasteiger partial charge is 0.222 e. The van der Waals surface area contributed by atoms with Crippen molar-refractivity contribution in [3.8, 4) is 0 Å². The van der Waals surface area contributed by atoms with Gasteiger partial charge in [-0.3, -0.25) is 4.79 Å². The Morgan fingerprint density at radius 1 is 1.54 bits per heavy atom. The molecule has 1 N–H and O–H groups in total. The predicted octanol–water partition coefficient (Wildman–Crippen LogP) is 2.15. The maximum absolute atomic E-state index is 12.7. The SMILES string of the molecule is O=C1CC(c2ccc(F)cc2Br)N1. The van der Waals surface area contributed by atoms with Gasteiger partial charge in [0.15, 0.2) is 0 Å². The first-order chi connectivity index (χ1) is 6.16. The number of halogens is 2. The van der Waals surface area contributed by atoms with Gasteiger partial charge in [0.05, 0.1) is 12.5 Å². The molecule has 1 saturated heterocycles. The highest BCUT2D eigenvalue weighted by molar-refractivity contribution is 9.10. The van der Waals surface area contributed by atoms with Crippen molar-refractivity contribution in [1.29, 1.82) is 0 Å². The van der Waals surface area contributed by atoms with E-state index in [1.54, 1.807) is 6.07 Å². The fourth-order valence-electron chi connectivity index (χ4n) is 1.33. The van der Waals surface area contributed by atoms with E-state index in [0.29, 0.717) is 10.9 Å². The molecular formula is C9H7BrFNO. The van der Waals surface area contributed by atoms with E-state index < -0.39 is 0 Å². The number of rotatable bonds is 1. The minimum atomic E-state index is -0.277. The minimum absolute atomic E-state index is 0.0428. The highest BCUT2D eigenvalue weighted by Gasteiger charge is 2.28. The van der Waals surface area contributed by atoms with Gasteiger partial charge in [-0.15, -0.1) is 0 Å². The summed E-state index contributed by atoms with van der Waals surface area (Å²) < 4.78 is 13.4. The van der Waals surface area contributed by atoms with Crippen molar-refractivity contribution in [3.05, 3.63) is 34.1 Å². The monoisotopic (exact) mass is 243 g/mol. The molecule has 68 valence electrons. The summed E-state index contributed by atoms with van der Waals surface area (Å²) in [5.41, 5.74) is 0.931. The van der Waals surface area contributed by atoms with Gasteiger partial charge in [0, 0.05) is 4.47 Å². The van der Waals surface area contributed by atoms with Gasteiger partial charge < -0.3 is 5.32 Å². The Labute approximate surface area is 83.3 Å². The molecule has 1 aliphatic heterocycles. The van der Waals surface area contributed by atoms with Crippen LogP contribution in [0.25, 0.3) is 0 Å². The fourth-order valence-corrected chi connectivity index (χ4v) is 1.96. The minimum Gasteiger partial charge on any atom is -0.349 e. The van der Waals surface area contributed by atoms with Crippen LogP contribution in [0.2, 0.25) is 0 Å². The van der Waals surface area contributed by atoms with Gasteiger partial charge >= 0.3 is 0 Å². The second-order valence-electron chi connectivity index (χ2n) is 2.99. The first kappa shape index (κ1) is 8.69. The number of amides is 1. The van der Waals surface area contributed by atoms with Gasteiger partial charge in [-0.05, 0) is 17.7 Å². The summed E-state index contributed by atoms with van der Waals surface area (Å²) >= 11 is 3.25. The van der Waals surface area contributed by atoms with Crippen LogP contribution in [0.5, 0.6) is 0 Å². The molecule has 0 aliphatic carbocycles. The predicted molar refractivity (Wildman–Crippen MR) is 49.6 cm³/mol. The van der Waals surface area contributed by atoms with E-state index in [2.05, 4.69) is 21.2 Å². The summed E-state index contributed by atoms with van der Waals surface area (Å²) in [6.45, 7) is 0. The molecule has 1 unspecified atom stereocenters. The van der Waals surface area contributed by atoms with Gasteiger partial charge in [-0.2, -0.15) is 0 Å². The van der Waals surface area contributed by atoms with Crippen LogP contribution in [0.15, 0.2) is 22.7 Å². The van der Waals surface area contributed by atoms with Crippen molar-refractivity contribution >= 4 is 21.8 Å². The molecule has 13 heavy (non-hydrogen) atoms. The normalized spacial score (nSPS) is 20.8. The van der Waals surface area contributed by atoms with E-state index in [1.807, 2.05) is 0 Å². The van der Waals surface area contributed by atoms with Crippen molar-refractivity contribution < 1.29 is 9.18 Å². The van der Waals surface area contributed by atoms with E-state index in [4.69, 9.17) is 0 Å². The highest BCUT2D eigenvalue weighted by Crippen LogP contribution is 2.30. The number of benzene rings is 1. The Balaban J connectivity index is 2.26. The molecule has 1 fully saturated rings. The molecule has 0 spiro atoms. The average Bonchev–Trinajstić information content (AvgIpc) is 2.00. The molecule has 2 rings (SSSR count). The molecule has 1 heterocycles. The lowest BCUT2D eigenvalue weighted by Crippen LogP contribution is -2.41. The van der Waals surface area contributed by atoms with Gasteiger partial charge in [-0.1, -0.05) is 22.0 Å². The summed E-state index contributed by atoms with van der Waals surface area (Å²) in [6, 6.07) is 4.52. The number of carbonyl (C=O) groups is 1. The maximum atomic E-state index is 12.7. The van der Waals surface area contributed by atoms with Crippen LogP contribution in [0.3, 0.4) is 0 Å². The lowest BCUT2D eigenvalue weighted by Gasteiger charge is -2.27. The zero-order valence-electron chi connectivity index (χ0n) is 6.68. The third-order valence-electron chi connectivity index (χ3n) is 2.06. The maximum Gasteiger partial charge on any atom is 0.222 e. The molecule has 1 aromatic rings. The van der Waals surface area contributed by atoms with E-state index >= 15 is 0 Å². The molecular weight excluding hydrogens is 237 g/mol. The number of hydrogen-bond acceptors (Lipinski definition) is 1. The van der Waals surface area contributed by atoms with Gasteiger partial charge in [0.25, 0.3) is 0 Å². The van der Waals surface area contributed by atoms with Crippen LogP contribution < -0.4 is 5.32 Å². The molecule has 1 aromatic carbocycles. The largest absolute Gasteiger partial charge is 0.349 e. The molecule has 0 saturated carbocycles. The lowest BCUT2D eigenvalue weighted by molar-refractivity contribution is -0.128. The Morgan fingerprint density at radius 2 is 2.23 bits per heavy atom. The van der Waals surface area contributed by atoms with Gasteiger partial charge in [-0.25, -0.2) is 4.39 Å². The number of carbonyl (C=O) groups excluding carboxylic acids is 1. The van der Waals surface area contributed by atoms with Crippen molar-refractivity contribution in [2.45, 2.75) is 12.5 Å². The van der Waals surface area contributed by atoms with Crippen LogP contribution >= 0.6 is 15.9 Å². The Kier molecular flexibility index (Phi) is 2.07. The van der Waals surface area contributed by atoms with Crippen LogP contribution in [0.1, 0.15) is 18.0 Å². The van der Waals surface area contributed by atoms with Crippen molar-refractivity contribution in [3.63, 3.8) is 0 Å². The van der Waals surface area contributed by atoms with Crippen molar-refractivity contribution in [2.75, 3.05) is 0 Å². The quantitative estimate of drug-likeness (QED) is 0.753. The molecule has 0 bridgehead atoms. The van der Waals surface area contributed by atoms with E-state index in [1.165, 1.54) is 12.1 Å². The third kappa shape index (κ3) is 1.58.